The van der Waals surface area contributed by atoms with E-state index < -0.39 is 0 Å². The monoisotopic (exact) mass is 254 g/mol. The minimum Gasteiger partial charge on any atom is -0.353 e. The summed E-state index contributed by atoms with van der Waals surface area (Å²) >= 11 is 0. The fourth-order valence-corrected chi connectivity index (χ4v) is 2.62. The van der Waals surface area contributed by atoms with Crippen LogP contribution in [0.15, 0.2) is 0 Å². The van der Waals surface area contributed by atoms with Gasteiger partial charge in [0.05, 0.1) is 0 Å². The maximum absolute atomic E-state index is 11.8. The van der Waals surface area contributed by atoms with Crippen LogP contribution in [0.5, 0.6) is 0 Å². The molecule has 1 aliphatic carbocycles. The van der Waals surface area contributed by atoms with Gasteiger partial charge in [-0.25, -0.2) is 0 Å². The average Bonchev–Trinajstić information content (AvgIpc) is 2.29. The molecule has 2 N–H and O–H groups in total. The highest BCUT2D eigenvalue weighted by molar-refractivity contribution is 5.76. The largest absolute Gasteiger partial charge is 0.353 e. The van der Waals surface area contributed by atoms with Gasteiger partial charge in [0.15, 0.2) is 0 Å². The molecule has 0 aliphatic heterocycles. The normalized spacial score (nSPS) is 28.4. The lowest BCUT2D eigenvalue weighted by molar-refractivity contribution is -0.122. The van der Waals surface area contributed by atoms with E-state index in [1.165, 1.54) is 6.42 Å². The second-order valence-corrected chi connectivity index (χ2v) is 6.24. The molecule has 0 bridgehead atoms. The molecule has 18 heavy (non-hydrogen) atoms. The van der Waals surface area contributed by atoms with Crippen molar-refractivity contribution in [3.63, 3.8) is 0 Å². The molecule has 0 aromatic rings. The molecular formula is C15H30N2O. The molecule has 3 heteroatoms. The van der Waals surface area contributed by atoms with Gasteiger partial charge in [0.2, 0.25) is 5.91 Å². The van der Waals surface area contributed by atoms with Gasteiger partial charge in [0.25, 0.3) is 0 Å². The Labute approximate surface area is 112 Å². The number of carbonyl (C=O) groups excluding carboxylic acids is 1. The first-order chi connectivity index (χ1) is 8.49. The van der Waals surface area contributed by atoms with E-state index in [4.69, 9.17) is 0 Å². The van der Waals surface area contributed by atoms with Crippen LogP contribution in [0.25, 0.3) is 0 Å². The molecule has 0 saturated heterocycles. The van der Waals surface area contributed by atoms with Gasteiger partial charge in [-0.3, -0.25) is 4.79 Å². The quantitative estimate of drug-likeness (QED) is 0.716. The Hall–Kier alpha value is -0.570. The molecule has 0 aromatic carbocycles. The number of rotatable bonds is 6. The van der Waals surface area contributed by atoms with Crippen LogP contribution in [0.2, 0.25) is 0 Å². The molecular weight excluding hydrogens is 224 g/mol. The number of amides is 1. The second-order valence-electron chi connectivity index (χ2n) is 6.24. The molecule has 106 valence electrons. The first-order valence-corrected chi connectivity index (χ1v) is 7.51. The van der Waals surface area contributed by atoms with Crippen LogP contribution in [-0.4, -0.2) is 24.5 Å². The zero-order valence-electron chi connectivity index (χ0n) is 12.5. The predicted molar refractivity (Wildman–Crippen MR) is 76.5 cm³/mol. The molecule has 3 unspecified atom stereocenters. The molecule has 1 fully saturated rings. The summed E-state index contributed by atoms with van der Waals surface area (Å²) in [7, 11) is 0. The summed E-state index contributed by atoms with van der Waals surface area (Å²) < 4.78 is 0. The summed E-state index contributed by atoms with van der Waals surface area (Å²) in [6.07, 6.45) is 5.14. The Kier molecular flexibility index (Phi) is 6.69. The van der Waals surface area contributed by atoms with E-state index >= 15 is 0 Å². The van der Waals surface area contributed by atoms with Crippen molar-refractivity contribution in [3.05, 3.63) is 0 Å². The fraction of sp³-hybridized carbons (Fsp3) is 0.933. The van der Waals surface area contributed by atoms with Crippen LogP contribution in [0.1, 0.15) is 59.8 Å². The third-order valence-electron chi connectivity index (χ3n) is 4.10. The maximum atomic E-state index is 11.8. The molecule has 0 aromatic heterocycles. The van der Waals surface area contributed by atoms with Gasteiger partial charge in [-0.1, -0.05) is 27.7 Å². The lowest BCUT2D eigenvalue weighted by Crippen LogP contribution is -2.40. The summed E-state index contributed by atoms with van der Waals surface area (Å²) in [5.41, 5.74) is 0. The standard InChI is InChI=1S/C15H30N2O/c1-11(2)16-9-5-6-15(18)17-14-8-7-12(3)13(4)10-14/h11-14,16H,5-10H2,1-4H3,(H,17,18). The summed E-state index contributed by atoms with van der Waals surface area (Å²) in [6.45, 7) is 9.81. The molecule has 0 radical (unpaired) electrons. The van der Waals surface area contributed by atoms with E-state index in [0.29, 0.717) is 18.5 Å². The zero-order valence-corrected chi connectivity index (χ0v) is 12.5. The smallest absolute Gasteiger partial charge is 0.220 e. The number of hydrogen-bond acceptors (Lipinski definition) is 2. The van der Waals surface area contributed by atoms with E-state index in [9.17, 15) is 4.79 Å². The van der Waals surface area contributed by atoms with Crippen molar-refractivity contribution in [1.29, 1.82) is 0 Å². The van der Waals surface area contributed by atoms with Gasteiger partial charge in [0, 0.05) is 18.5 Å². The van der Waals surface area contributed by atoms with E-state index in [0.717, 1.165) is 37.6 Å². The molecule has 1 saturated carbocycles. The van der Waals surface area contributed by atoms with E-state index in [2.05, 4.69) is 38.3 Å². The van der Waals surface area contributed by atoms with Crippen molar-refractivity contribution in [2.24, 2.45) is 11.8 Å². The van der Waals surface area contributed by atoms with Crippen molar-refractivity contribution in [2.45, 2.75) is 71.9 Å². The highest BCUT2D eigenvalue weighted by atomic mass is 16.1. The van der Waals surface area contributed by atoms with E-state index in [1.807, 2.05) is 0 Å². The first-order valence-electron chi connectivity index (χ1n) is 7.51. The zero-order chi connectivity index (χ0) is 13.5. The van der Waals surface area contributed by atoms with Crippen LogP contribution in [0.3, 0.4) is 0 Å². The topological polar surface area (TPSA) is 41.1 Å². The Morgan fingerprint density at radius 3 is 2.56 bits per heavy atom. The van der Waals surface area contributed by atoms with E-state index in [-0.39, 0.29) is 5.91 Å². The van der Waals surface area contributed by atoms with Gasteiger partial charge in [-0.05, 0) is 44.1 Å². The number of hydrogen-bond donors (Lipinski definition) is 2. The highest BCUT2D eigenvalue weighted by Crippen LogP contribution is 2.29. The molecule has 1 amide bonds. The lowest BCUT2D eigenvalue weighted by atomic mass is 9.79. The summed E-state index contributed by atoms with van der Waals surface area (Å²) in [6, 6.07) is 0.926. The Morgan fingerprint density at radius 2 is 1.94 bits per heavy atom. The predicted octanol–water partition coefficient (Wildman–Crippen LogP) is 2.71. The van der Waals surface area contributed by atoms with Gasteiger partial charge < -0.3 is 10.6 Å². The minimum atomic E-state index is 0.229. The van der Waals surface area contributed by atoms with Crippen molar-refractivity contribution < 1.29 is 4.79 Å². The number of carbonyl (C=O) groups is 1. The molecule has 1 aliphatic rings. The third-order valence-corrected chi connectivity index (χ3v) is 4.10. The van der Waals surface area contributed by atoms with Gasteiger partial charge in [-0.15, -0.1) is 0 Å². The molecule has 3 atom stereocenters. The maximum Gasteiger partial charge on any atom is 0.220 e. The fourth-order valence-electron chi connectivity index (χ4n) is 2.62. The van der Waals surface area contributed by atoms with Crippen molar-refractivity contribution in [1.82, 2.24) is 10.6 Å². The van der Waals surface area contributed by atoms with Crippen molar-refractivity contribution in [2.75, 3.05) is 6.54 Å². The molecule has 3 nitrogen and oxygen atoms in total. The van der Waals surface area contributed by atoms with Crippen LogP contribution in [0, 0.1) is 11.8 Å². The van der Waals surface area contributed by atoms with Crippen LogP contribution >= 0.6 is 0 Å². The summed E-state index contributed by atoms with van der Waals surface area (Å²) in [4.78, 5) is 11.8. The van der Waals surface area contributed by atoms with Gasteiger partial charge >= 0.3 is 0 Å². The number of nitrogens with one attached hydrogen (secondary N) is 2. The molecule has 0 spiro atoms. The highest BCUT2D eigenvalue weighted by Gasteiger charge is 2.25. The average molecular weight is 254 g/mol. The summed E-state index contributed by atoms with van der Waals surface area (Å²) in [5.74, 6) is 1.78. The second kappa shape index (κ2) is 7.78. The van der Waals surface area contributed by atoms with Crippen LogP contribution < -0.4 is 10.6 Å². The van der Waals surface area contributed by atoms with Gasteiger partial charge in [0.1, 0.15) is 0 Å². The lowest BCUT2D eigenvalue weighted by Gasteiger charge is -2.32. The molecule has 1 rings (SSSR count). The Balaban J connectivity index is 2.12. The Morgan fingerprint density at radius 1 is 1.22 bits per heavy atom. The third kappa shape index (κ3) is 5.85. The van der Waals surface area contributed by atoms with Crippen molar-refractivity contribution in [3.8, 4) is 0 Å². The Bertz CT molecular complexity index is 253. The van der Waals surface area contributed by atoms with Crippen LogP contribution in [-0.2, 0) is 4.79 Å². The van der Waals surface area contributed by atoms with Gasteiger partial charge in [-0.2, -0.15) is 0 Å². The van der Waals surface area contributed by atoms with Crippen LogP contribution in [0.4, 0.5) is 0 Å². The van der Waals surface area contributed by atoms with Crippen molar-refractivity contribution >= 4 is 5.91 Å². The first kappa shape index (κ1) is 15.5. The molecule has 0 heterocycles. The van der Waals surface area contributed by atoms with E-state index in [1.54, 1.807) is 0 Å². The minimum absolute atomic E-state index is 0.229. The SMILES string of the molecule is CC(C)NCCCC(=O)NC1CCC(C)C(C)C1. The summed E-state index contributed by atoms with van der Waals surface area (Å²) in [5, 5.41) is 6.53.